The summed E-state index contributed by atoms with van der Waals surface area (Å²) in [5, 5.41) is 3.22. The summed E-state index contributed by atoms with van der Waals surface area (Å²) in [6.45, 7) is 0. The van der Waals surface area contributed by atoms with Crippen LogP contribution in [0.25, 0.3) is 0 Å². The number of nitrogens with zero attached hydrogens (tertiary/aromatic N) is 1. The monoisotopic (exact) mass is 150 g/mol. The van der Waals surface area contributed by atoms with Gasteiger partial charge in [-0.15, -0.1) is 0 Å². The number of nitrogens with one attached hydrogen (secondary N) is 1. The molecule has 0 spiro atoms. The third-order valence-electron chi connectivity index (χ3n) is 0.729. The molecule has 1 unspecified atom stereocenters. The van der Waals surface area contributed by atoms with Crippen LogP contribution in [0.3, 0.4) is 0 Å². The number of aliphatic imine (C=N–C) groups is 1. The second kappa shape index (κ2) is 2.37. The Balaban J connectivity index is 2.63. The molecular formula is C4H4Cl2N2. The van der Waals surface area contributed by atoms with Gasteiger partial charge >= 0.3 is 0 Å². The van der Waals surface area contributed by atoms with Crippen LogP contribution in [0.15, 0.2) is 16.2 Å². The van der Waals surface area contributed by atoms with Crippen LogP contribution in [-0.2, 0) is 0 Å². The third kappa shape index (κ3) is 1.14. The van der Waals surface area contributed by atoms with Crippen molar-refractivity contribution >= 4 is 29.5 Å². The maximum atomic E-state index is 5.53. The first kappa shape index (κ1) is 5.92. The molecule has 0 saturated heterocycles. The molecule has 1 heterocycles. The zero-order valence-corrected chi connectivity index (χ0v) is 5.45. The molecule has 44 valence electrons. The summed E-state index contributed by atoms with van der Waals surface area (Å²) >= 11 is 11.0. The highest BCUT2D eigenvalue weighted by molar-refractivity contribution is 6.37. The normalized spacial score (nSPS) is 26.8. The second-order valence-corrected chi connectivity index (χ2v) is 2.16. The fourth-order valence-corrected chi connectivity index (χ4v) is 0.604. The van der Waals surface area contributed by atoms with E-state index >= 15 is 0 Å². The van der Waals surface area contributed by atoms with Gasteiger partial charge in [-0.25, -0.2) is 0 Å². The number of rotatable bonds is 0. The fourth-order valence-electron chi connectivity index (χ4n) is 0.365. The predicted molar refractivity (Wildman–Crippen MR) is 35.2 cm³/mol. The molecular weight excluding hydrogens is 147 g/mol. The molecule has 1 N–H and O–H groups in total. The highest BCUT2D eigenvalue weighted by Gasteiger charge is 2.06. The molecule has 0 radical (unpaired) electrons. The molecule has 0 aromatic carbocycles. The highest BCUT2D eigenvalue weighted by atomic mass is 35.5. The molecule has 1 aliphatic rings. The molecule has 0 aliphatic carbocycles. The molecule has 0 bridgehead atoms. The molecule has 0 aromatic rings. The molecule has 1 atom stereocenters. The van der Waals surface area contributed by atoms with E-state index in [1.165, 1.54) is 6.34 Å². The Hall–Kier alpha value is -0.210. The van der Waals surface area contributed by atoms with Gasteiger partial charge in [-0.2, -0.15) is 0 Å². The highest BCUT2D eigenvalue weighted by Crippen LogP contribution is 2.15. The molecule has 1 aliphatic heterocycles. The number of hydrogen-bond donors (Lipinski definition) is 1. The summed E-state index contributed by atoms with van der Waals surface area (Å²) in [7, 11) is 0. The smallest absolute Gasteiger partial charge is 0.162 e. The fraction of sp³-hybridized carbons (Fsp3) is 0.250. The SMILES string of the molecule is ClC1=CNC=NC1Cl. The first-order chi connectivity index (χ1) is 3.80. The van der Waals surface area contributed by atoms with E-state index in [1.807, 2.05) is 0 Å². The van der Waals surface area contributed by atoms with Crippen LogP contribution in [0, 0.1) is 0 Å². The summed E-state index contributed by atoms with van der Waals surface area (Å²) in [5.74, 6) is 0. The van der Waals surface area contributed by atoms with Gasteiger partial charge in [-0.3, -0.25) is 4.99 Å². The standard InChI is InChI=1S/C4H4Cl2N2/c5-3-1-7-2-8-4(3)6/h1-2,4H,(H,7,8). The predicted octanol–water partition coefficient (Wildman–Crippen LogP) is 1.26. The number of alkyl halides is 1. The van der Waals surface area contributed by atoms with E-state index in [4.69, 9.17) is 23.2 Å². The lowest BCUT2D eigenvalue weighted by Crippen LogP contribution is -2.12. The van der Waals surface area contributed by atoms with Crippen molar-refractivity contribution in [2.24, 2.45) is 4.99 Å². The van der Waals surface area contributed by atoms with Crippen LogP contribution in [-0.4, -0.2) is 11.8 Å². The van der Waals surface area contributed by atoms with Gasteiger partial charge in [-0.1, -0.05) is 23.2 Å². The minimum absolute atomic E-state index is 0.391. The van der Waals surface area contributed by atoms with E-state index in [0.717, 1.165) is 0 Å². The summed E-state index contributed by atoms with van der Waals surface area (Å²) < 4.78 is 0. The quantitative estimate of drug-likeness (QED) is 0.409. The molecule has 1 rings (SSSR count). The van der Waals surface area contributed by atoms with Crippen molar-refractivity contribution in [3.8, 4) is 0 Å². The van der Waals surface area contributed by atoms with Crippen LogP contribution >= 0.6 is 23.2 Å². The average molecular weight is 151 g/mol. The van der Waals surface area contributed by atoms with E-state index < -0.39 is 5.50 Å². The van der Waals surface area contributed by atoms with Crippen molar-refractivity contribution in [2.45, 2.75) is 5.50 Å². The lowest BCUT2D eigenvalue weighted by Gasteiger charge is -2.05. The van der Waals surface area contributed by atoms with E-state index in [1.54, 1.807) is 6.20 Å². The summed E-state index contributed by atoms with van der Waals surface area (Å²) in [4.78, 5) is 3.74. The lowest BCUT2D eigenvalue weighted by molar-refractivity contribution is 1.05. The molecule has 0 saturated carbocycles. The van der Waals surface area contributed by atoms with Crippen molar-refractivity contribution in [1.29, 1.82) is 0 Å². The van der Waals surface area contributed by atoms with Gasteiger partial charge in [0.2, 0.25) is 0 Å². The van der Waals surface area contributed by atoms with E-state index in [2.05, 4.69) is 10.3 Å². The zero-order valence-electron chi connectivity index (χ0n) is 3.94. The number of halogens is 2. The van der Waals surface area contributed by atoms with Crippen LogP contribution in [0.1, 0.15) is 0 Å². The molecule has 0 amide bonds. The topological polar surface area (TPSA) is 24.4 Å². The molecule has 8 heavy (non-hydrogen) atoms. The Labute approximate surface area is 57.2 Å². The van der Waals surface area contributed by atoms with Gasteiger partial charge < -0.3 is 5.32 Å². The average Bonchev–Trinajstić information content (AvgIpc) is 1.77. The Morgan fingerprint density at radius 2 is 2.50 bits per heavy atom. The Bertz CT molecular complexity index is 141. The van der Waals surface area contributed by atoms with E-state index in [0.29, 0.717) is 5.03 Å². The third-order valence-corrected chi connectivity index (χ3v) is 1.50. The van der Waals surface area contributed by atoms with Crippen molar-refractivity contribution in [2.75, 3.05) is 0 Å². The van der Waals surface area contributed by atoms with Crippen molar-refractivity contribution < 1.29 is 0 Å². The minimum atomic E-state index is -0.391. The van der Waals surface area contributed by atoms with Crippen molar-refractivity contribution in [3.05, 3.63) is 11.2 Å². The van der Waals surface area contributed by atoms with Crippen molar-refractivity contribution in [1.82, 2.24) is 5.32 Å². The second-order valence-electron chi connectivity index (χ2n) is 1.31. The minimum Gasteiger partial charge on any atom is -0.352 e. The van der Waals surface area contributed by atoms with Crippen LogP contribution in [0.5, 0.6) is 0 Å². The van der Waals surface area contributed by atoms with Crippen LogP contribution in [0.2, 0.25) is 0 Å². The largest absolute Gasteiger partial charge is 0.352 e. The molecule has 2 nitrogen and oxygen atoms in total. The van der Waals surface area contributed by atoms with Gasteiger partial charge in [0.1, 0.15) is 0 Å². The maximum absolute atomic E-state index is 5.53. The van der Waals surface area contributed by atoms with Crippen molar-refractivity contribution in [3.63, 3.8) is 0 Å². The van der Waals surface area contributed by atoms with Gasteiger partial charge in [0.05, 0.1) is 11.4 Å². The molecule has 4 heteroatoms. The van der Waals surface area contributed by atoms with E-state index in [9.17, 15) is 0 Å². The first-order valence-corrected chi connectivity index (χ1v) is 2.89. The van der Waals surface area contributed by atoms with Crippen LogP contribution in [0.4, 0.5) is 0 Å². The maximum Gasteiger partial charge on any atom is 0.162 e. The first-order valence-electron chi connectivity index (χ1n) is 2.08. The van der Waals surface area contributed by atoms with Gasteiger partial charge in [-0.05, 0) is 0 Å². The molecule has 0 fully saturated rings. The summed E-state index contributed by atoms with van der Waals surface area (Å²) in [5.41, 5.74) is -0.391. The Kier molecular flexibility index (Phi) is 1.76. The molecule has 0 aromatic heterocycles. The summed E-state index contributed by atoms with van der Waals surface area (Å²) in [6.07, 6.45) is 3.11. The lowest BCUT2D eigenvalue weighted by atomic mass is 10.5. The Morgan fingerprint density at radius 1 is 1.75 bits per heavy atom. The van der Waals surface area contributed by atoms with Gasteiger partial charge in [0.25, 0.3) is 0 Å². The van der Waals surface area contributed by atoms with Crippen LogP contribution < -0.4 is 5.32 Å². The Morgan fingerprint density at radius 3 is 2.88 bits per heavy atom. The van der Waals surface area contributed by atoms with Gasteiger partial charge in [0.15, 0.2) is 5.50 Å². The zero-order chi connectivity index (χ0) is 5.98. The number of hydrogen-bond acceptors (Lipinski definition) is 2. The summed E-state index contributed by atoms with van der Waals surface area (Å²) in [6, 6.07) is 0. The van der Waals surface area contributed by atoms with Gasteiger partial charge in [0, 0.05) is 6.20 Å². The van der Waals surface area contributed by atoms with E-state index in [-0.39, 0.29) is 0 Å².